The van der Waals surface area contributed by atoms with Crippen molar-refractivity contribution < 1.29 is 4.52 Å². The monoisotopic (exact) mass is 356 g/mol. The molecule has 25 heavy (non-hydrogen) atoms. The molecule has 0 N–H and O–H groups in total. The fourth-order valence-electron chi connectivity index (χ4n) is 2.98. The highest BCUT2D eigenvalue weighted by atomic mass is 32.2. The second kappa shape index (κ2) is 7.26. The molecule has 1 aromatic carbocycles. The van der Waals surface area contributed by atoms with E-state index in [4.69, 9.17) is 4.52 Å². The predicted molar refractivity (Wildman–Crippen MR) is 96.0 cm³/mol. The number of hydrogen-bond donors (Lipinski definition) is 0. The van der Waals surface area contributed by atoms with Gasteiger partial charge >= 0.3 is 0 Å². The van der Waals surface area contributed by atoms with Crippen molar-refractivity contribution in [3.8, 4) is 5.69 Å². The van der Waals surface area contributed by atoms with Crippen LogP contribution in [0.3, 0.4) is 0 Å². The van der Waals surface area contributed by atoms with E-state index in [2.05, 4.69) is 41.9 Å². The predicted octanol–water partition coefficient (Wildman–Crippen LogP) is 3.24. The molecule has 0 radical (unpaired) electrons. The Labute approximate surface area is 150 Å². The van der Waals surface area contributed by atoms with Crippen LogP contribution in [0.4, 0.5) is 5.95 Å². The number of aryl methyl sites for hydroxylation is 1. The zero-order valence-electron chi connectivity index (χ0n) is 14.1. The molecule has 1 saturated heterocycles. The SMILES string of the molecule is Cc1noc(CSc2nnc(N3CCCCC3)n2-c2ccccc2)n1. The van der Waals surface area contributed by atoms with Crippen LogP contribution in [0.2, 0.25) is 0 Å². The molecule has 1 aliphatic heterocycles. The highest BCUT2D eigenvalue weighted by molar-refractivity contribution is 7.98. The fourth-order valence-corrected chi connectivity index (χ4v) is 3.77. The van der Waals surface area contributed by atoms with E-state index in [1.165, 1.54) is 19.3 Å². The van der Waals surface area contributed by atoms with Crippen LogP contribution in [0.1, 0.15) is 31.0 Å². The van der Waals surface area contributed by atoms with E-state index in [9.17, 15) is 0 Å². The second-order valence-electron chi connectivity index (χ2n) is 6.03. The smallest absolute Gasteiger partial charge is 0.237 e. The Morgan fingerprint density at radius 2 is 1.88 bits per heavy atom. The van der Waals surface area contributed by atoms with E-state index in [-0.39, 0.29) is 0 Å². The molecule has 3 aromatic rings. The third-order valence-corrected chi connectivity index (χ3v) is 5.08. The first-order valence-electron chi connectivity index (χ1n) is 8.49. The van der Waals surface area contributed by atoms with Gasteiger partial charge in [-0.15, -0.1) is 10.2 Å². The number of thioether (sulfide) groups is 1. The van der Waals surface area contributed by atoms with Gasteiger partial charge in [0.15, 0.2) is 11.0 Å². The molecule has 1 aliphatic rings. The lowest BCUT2D eigenvalue weighted by atomic mass is 10.1. The first-order valence-corrected chi connectivity index (χ1v) is 9.47. The number of nitrogens with zero attached hydrogens (tertiary/aromatic N) is 6. The molecule has 8 heteroatoms. The molecule has 0 saturated carbocycles. The molecule has 2 aromatic heterocycles. The van der Waals surface area contributed by atoms with E-state index < -0.39 is 0 Å². The van der Waals surface area contributed by atoms with E-state index in [1.807, 2.05) is 25.1 Å². The van der Waals surface area contributed by atoms with Crippen molar-refractivity contribution in [2.24, 2.45) is 0 Å². The molecule has 0 amide bonds. The van der Waals surface area contributed by atoms with Crippen molar-refractivity contribution in [3.05, 3.63) is 42.0 Å². The van der Waals surface area contributed by atoms with Crippen molar-refractivity contribution in [2.75, 3.05) is 18.0 Å². The van der Waals surface area contributed by atoms with Gasteiger partial charge in [0, 0.05) is 13.1 Å². The quantitative estimate of drug-likeness (QED) is 0.650. The van der Waals surface area contributed by atoms with Crippen molar-refractivity contribution in [2.45, 2.75) is 37.1 Å². The van der Waals surface area contributed by atoms with Crippen molar-refractivity contribution >= 4 is 17.7 Å². The lowest BCUT2D eigenvalue weighted by Crippen LogP contribution is -2.31. The van der Waals surface area contributed by atoms with Gasteiger partial charge in [0.25, 0.3) is 0 Å². The summed E-state index contributed by atoms with van der Waals surface area (Å²) in [5.74, 6) is 2.74. The number of benzene rings is 1. The van der Waals surface area contributed by atoms with E-state index >= 15 is 0 Å². The van der Waals surface area contributed by atoms with Gasteiger partial charge in [0.1, 0.15) is 0 Å². The van der Waals surface area contributed by atoms with Crippen molar-refractivity contribution in [1.82, 2.24) is 24.9 Å². The van der Waals surface area contributed by atoms with E-state index in [0.717, 1.165) is 29.9 Å². The zero-order chi connectivity index (χ0) is 17.1. The molecule has 0 spiro atoms. The van der Waals surface area contributed by atoms with Gasteiger partial charge in [0.2, 0.25) is 11.8 Å². The van der Waals surface area contributed by atoms with Crippen LogP contribution < -0.4 is 4.90 Å². The van der Waals surface area contributed by atoms with Gasteiger partial charge in [-0.05, 0) is 38.3 Å². The van der Waals surface area contributed by atoms with Crippen LogP contribution in [-0.4, -0.2) is 38.0 Å². The van der Waals surface area contributed by atoms with Gasteiger partial charge in [-0.25, -0.2) is 0 Å². The summed E-state index contributed by atoms with van der Waals surface area (Å²) in [6.07, 6.45) is 3.69. The molecule has 130 valence electrons. The number of piperidine rings is 1. The maximum atomic E-state index is 5.20. The molecular formula is C17H20N6OS. The van der Waals surface area contributed by atoms with Crippen LogP contribution in [0, 0.1) is 6.92 Å². The maximum absolute atomic E-state index is 5.20. The van der Waals surface area contributed by atoms with Crippen molar-refractivity contribution in [1.29, 1.82) is 0 Å². The summed E-state index contributed by atoms with van der Waals surface area (Å²) >= 11 is 1.56. The number of aromatic nitrogens is 5. The Bertz CT molecular complexity index is 825. The summed E-state index contributed by atoms with van der Waals surface area (Å²) in [6, 6.07) is 10.2. The normalized spacial score (nSPS) is 14.8. The maximum Gasteiger partial charge on any atom is 0.237 e. The summed E-state index contributed by atoms with van der Waals surface area (Å²) in [5, 5.41) is 13.6. The number of hydrogen-bond acceptors (Lipinski definition) is 7. The molecule has 3 heterocycles. The molecular weight excluding hydrogens is 336 g/mol. The van der Waals surface area contributed by atoms with Gasteiger partial charge in [0.05, 0.1) is 11.4 Å². The van der Waals surface area contributed by atoms with Gasteiger partial charge < -0.3 is 9.42 Å². The lowest BCUT2D eigenvalue weighted by Gasteiger charge is -2.27. The fraction of sp³-hybridized carbons (Fsp3) is 0.412. The third-order valence-electron chi connectivity index (χ3n) is 4.16. The van der Waals surface area contributed by atoms with Crippen LogP contribution in [0.5, 0.6) is 0 Å². The number of para-hydroxylation sites is 1. The summed E-state index contributed by atoms with van der Waals surface area (Å²) in [4.78, 5) is 6.58. The Hall–Kier alpha value is -2.35. The largest absolute Gasteiger partial charge is 0.341 e. The number of anilines is 1. The number of rotatable bonds is 5. The summed E-state index contributed by atoms with van der Waals surface area (Å²) in [6.45, 7) is 3.87. The first kappa shape index (κ1) is 16.1. The van der Waals surface area contributed by atoms with Crippen LogP contribution in [0.15, 0.2) is 40.0 Å². The third kappa shape index (κ3) is 3.53. The molecule has 0 bridgehead atoms. The minimum atomic E-state index is 0.575. The average Bonchev–Trinajstić information content (AvgIpc) is 3.27. The molecule has 1 fully saturated rings. The first-order chi connectivity index (χ1) is 12.3. The standard InChI is InChI=1S/C17H20N6OS/c1-13-18-15(24-21-13)12-25-17-20-19-16(22-10-6-3-7-11-22)23(17)14-8-4-2-5-9-14/h2,4-5,8-9H,3,6-7,10-12H2,1H3. The van der Waals surface area contributed by atoms with Crippen molar-refractivity contribution in [3.63, 3.8) is 0 Å². The van der Waals surface area contributed by atoms with E-state index in [0.29, 0.717) is 17.5 Å². The van der Waals surface area contributed by atoms with Gasteiger partial charge in [-0.1, -0.05) is 35.1 Å². The second-order valence-corrected chi connectivity index (χ2v) is 6.97. The summed E-state index contributed by atoms with van der Waals surface area (Å²) in [7, 11) is 0. The summed E-state index contributed by atoms with van der Waals surface area (Å²) in [5.41, 5.74) is 1.07. The van der Waals surface area contributed by atoms with Crippen LogP contribution >= 0.6 is 11.8 Å². The summed E-state index contributed by atoms with van der Waals surface area (Å²) < 4.78 is 7.33. The highest BCUT2D eigenvalue weighted by Crippen LogP contribution is 2.29. The average molecular weight is 356 g/mol. The van der Waals surface area contributed by atoms with E-state index in [1.54, 1.807) is 11.8 Å². The molecule has 0 atom stereocenters. The molecule has 0 unspecified atom stereocenters. The highest BCUT2D eigenvalue weighted by Gasteiger charge is 2.21. The Balaban J connectivity index is 1.64. The Morgan fingerprint density at radius 1 is 1.08 bits per heavy atom. The van der Waals surface area contributed by atoms with Crippen LogP contribution in [-0.2, 0) is 5.75 Å². The van der Waals surface area contributed by atoms with Gasteiger partial charge in [-0.3, -0.25) is 4.57 Å². The van der Waals surface area contributed by atoms with Gasteiger partial charge in [-0.2, -0.15) is 4.98 Å². The molecule has 4 rings (SSSR count). The minimum Gasteiger partial charge on any atom is -0.341 e. The Kier molecular flexibility index (Phi) is 4.69. The minimum absolute atomic E-state index is 0.575. The molecule has 0 aliphatic carbocycles. The topological polar surface area (TPSA) is 72.9 Å². The van der Waals surface area contributed by atoms with Crippen LogP contribution in [0.25, 0.3) is 5.69 Å². The molecule has 7 nitrogen and oxygen atoms in total. The zero-order valence-corrected chi connectivity index (χ0v) is 14.9. The lowest BCUT2D eigenvalue weighted by molar-refractivity contribution is 0.387. The Morgan fingerprint density at radius 3 is 2.60 bits per heavy atom.